The topological polar surface area (TPSA) is 109 Å². The van der Waals surface area contributed by atoms with Crippen molar-refractivity contribution in [3.05, 3.63) is 42.1 Å². The monoisotopic (exact) mass is 528 g/mol. The number of hydrogen-bond acceptors (Lipinski definition) is 9. The SMILES string of the molecule is COc1ccc2ncc(F)c(N3CC(NC[C@@H]4CN(c5cc6c(cc5F)SCC(=O)N6)C(=O)O4)C3)c2n1. The highest BCUT2D eigenvalue weighted by Gasteiger charge is 2.37. The zero-order chi connectivity index (χ0) is 25.7. The van der Waals surface area contributed by atoms with Gasteiger partial charge in [0.2, 0.25) is 11.8 Å². The molecule has 3 aliphatic heterocycles. The van der Waals surface area contributed by atoms with Gasteiger partial charge in [-0.05, 0) is 18.2 Å². The summed E-state index contributed by atoms with van der Waals surface area (Å²) in [5.74, 6) is -0.600. The van der Waals surface area contributed by atoms with E-state index in [0.717, 1.165) is 0 Å². The highest BCUT2D eigenvalue weighted by molar-refractivity contribution is 8.00. The molecule has 13 heteroatoms. The molecule has 0 bridgehead atoms. The fraction of sp³-hybridized carbons (Fsp3) is 0.333. The van der Waals surface area contributed by atoms with Gasteiger partial charge in [-0.15, -0.1) is 11.8 Å². The van der Waals surface area contributed by atoms with Gasteiger partial charge in [-0.2, -0.15) is 0 Å². The lowest BCUT2D eigenvalue weighted by molar-refractivity contribution is -0.113. The van der Waals surface area contributed by atoms with E-state index in [1.54, 1.807) is 12.1 Å². The molecular formula is C24H22F2N6O4S. The number of fused-ring (bicyclic) bond motifs is 2. The first kappa shape index (κ1) is 23.7. The normalized spacial score (nSPS) is 19.5. The molecule has 2 aromatic heterocycles. The molecule has 0 spiro atoms. The van der Waals surface area contributed by atoms with Gasteiger partial charge in [-0.25, -0.2) is 18.6 Å². The summed E-state index contributed by atoms with van der Waals surface area (Å²) < 4.78 is 40.0. The zero-order valence-electron chi connectivity index (χ0n) is 19.7. The summed E-state index contributed by atoms with van der Waals surface area (Å²) in [5.41, 5.74) is 1.91. The van der Waals surface area contributed by atoms with Crippen molar-refractivity contribution < 1.29 is 27.8 Å². The predicted molar refractivity (Wildman–Crippen MR) is 133 cm³/mol. The van der Waals surface area contributed by atoms with E-state index in [1.807, 2.05) is 4.90 Å². The molecule has 1 atom stereocenters. The van der Waals surface area contributed by atoms with Crippen LogP contribution in [0.1, 0.15) is 0 Å². The third-order valence-electron chi connectivity index (χ3n) is 6.50. The standard InChI is InChI=1S/C24H22F2N6O4S/c1-35-21-3-2-16-22(30-21)23(15(26)7-28-16)31-8-12(9-31)27-6-13-10-32(24(34)36-13)18-5-17-19(4-14(18)25)37-11-20(33)29-17/h2-5,7,12-13,27H,6,8-11H2,1H3,(H,29,33)/t13-/m1/s1. The summed E-state index contributed by atoms with van der Waals surface area (Å²) in [6.45, 7) is 1.56. The molecule has 10 nitrogen and oxygen atoms in total. The van der Waals surface area contributed by atoms with E-state index < -0.39 is 23.8 Å². The van der Waals surface area contributed by atoms with E-state index in [9.17, 15) is 18.4 Å². The van der Waals surface area contributed by atoms with Gasteiger partial charge in [-0.1, -0.05) is 0 Å². The fourth-order valence-electron chi connectivity index (χ4n) is 4.64. The quantitative estimate of drug-likeness (QED) is 0.499. The number of aromatic nitrogens is 2. The van der Waals surface area contributed by atoms with E-state index in [2.05, 4.69) is 20.6 Å². The molecule has 2 fully saturated rings. The van der Waals surface area contributed by atoms with Gasteiger partial charge in [0.15, 0.2) is 5.82 Å². The molecule has 6 rings (SSSR count). The van der Waals surface area contributed by atoms with E-state index >= 15 is 0 Å². The van der Waals surface area contributed by atoms with Crippen LogP contribution in [0, 0.1) is 11.6 Å². The Morgan fingerprint density at radius 3 is 2.86 bits per heavy atom. The molecule has 2 saturated heterocycles. The Morgan fingerprint density at radius 1 is 1.22 bits per heavy atom. The highest BCUT2D eigenvalue weighted by atomic mass is 32.2. The smallest absolute Gasteiger partial charge is 0.414 e. The Kier molecular flexibility index (Phi) is 5.95. The molecular weight excluding hydrogens is 506 g/mol. The summed E-state index contributed by atoms with van der Waals surface area (Å²) in [6, 6.07) is 6.23. The van der Waals surface area contributed by atoms with Crippen molar-refractivity contribution in [1.29, 1.82) is 0 Å². The van der Waals surface area contributed by atoms with Crippen molar-refractivity contribution in [2.24, 2.45) is 0 Å². The van der Waals surface area contributed by atoms with Crippen LogP contribution in [0.2, 0.25) is 0 Å². The average Bonchev–Trinajstić information content (AvgIpc) is 3.23. The highest BCUT2D eigenvalue weighted by Crippen LogP contribution is 2.37. The molecule has 192 valence electrons. The molecule has 0 aliphatic carbocycles. The van der Waals surface area contributed by atoms with Gasteiger partial charge in [0.05, 0.1) is 42.5 Å². The van der Waals surface area contributed by atoms with Crippen LogP contribution < -0.4 is 25.2 Å². The van der Waals surface area contributed by atoms with Crippen molar-refractivity contribution >= 4 is 51.9 Å². The largest absolute Gasteiger partial charge is 0.481 e. The Morgan fingerprint density at radius 2 is 2.05 bits per heavy atom. The Hall–Kier alpha value is -3.71. The van der Waals surface area contributed by atoms with Crippen LogP contribution in [0.3, 0.4) is 0 Å². The summed E-state index contributed by atoms with van der Waals surface area (Å²) in [6.07, 6.45) is 0.0368. The zero-order valence-corrected chi connectivity index (χ0v) is 20.5. The van der Waals surface area contributed by atoms with Gasteiger partial charge >= 0.3 is 6.09 Å². The minimum atomic E-state index is -0.652. The van der Waals surface area contributed by atoms with Crippen LogP contribution in [-0.2, 0) is 9.53 Å². The molecule has 2 N–H and O–H groups in total. The number of anilines is 3. The number of nitrogens with zero attached hydrogens (tertiary/aromatic N) is 4. The lowest BCUT2D eigenvalue weighted by atomic mass is 10.1. The number of cyclic esters (lactones) is 1. The Balaban J connectivity index is 1.08. The number of rotatable bonds is 6. The second-order valence-electron chi connectivity index (χ2n) is 8.94. The lowest BCUT2D eigenvalue weighted by Crippen LogP contribution is -2.59. The predicted octanol–water partition coefficient (Wildman–Crippen LogP) is 2.76. The molecule has 0 unspecified atom stereocenters. The maximum absolute atomic E-state index is 14.8. The fourth-order valence-corrected chi connectivity index (χ4v) is 5.45. The number of carbonyl (C=O) groups excluding carboxylic acids is 2. The van der Waals surface area contributed by atoms with Crippen LogP contribution in [0.5, 0.6) is 5.88 Å². The minimum Gasteiger partial charge on any atom is -0.481 e. The lowest BCUT2D eigenvalue weighted by Gasteiger charge is -2.42. The number of benzene rings is 1. The van der Waals surface area contributed by atoms with Crippen LogP contribution in [0.15, 0.2) is 35.4 Å². The average molecular weight is 529 g/mol. The molecule has 5 heterocycles. The van der Waals surface area contributed by atoms with Crippen LogP contribution >= 0.6 is 11.8 Å². The maximum atomic E-state index is 14.8. The first-order valence-corrected chi connectivity index (χ1v) is 12.6. The number of hydrogen-bond donors (Lipinski definition) is 2. The van der Waals surface area contributed by atoms with Crippen LogP contribution in [0.4, 0.5) is 30.6 Å². The van der Waals surface area contributed by atoms with Gasteiger partial charge in [0.1, 0.15) is 23.1 Å². The number of ether oxygens (including phenoxy) is 2. The molecule has 3 aromatic rings. The number of thioether (sulfide) groups is 1. The summed E-state index contributed by atoms with van der Waals surface area (Å²) >= 11 is 1.25. The van der Waals surface area contributed by atoms with Crippen molar-refractivity contribution in [3.8, 4) is 5.88 Å². The second-order valence-corrected chi connectivity index (χ2v) is 9.96. The van der Waals surface area contributed by atoms with E-state index in [0.29, 0.717) is 52.8 Å². The number of nitrogens with one attached hydrogen (secondary N) is 2. The summed E-state index contributed by atoms with van der Waals surface area (Å²) in [7, 11) is 1.50. The number of pyridine rings is 2. The van der Waals surface area contributed by atoms with Crippen molar-refractivity contribution in [2.45, 2.75) is 17.0 Å². The maximum Gasteiger partial charge on any atom is 0.414 e. The molecule has 2 amide bonds. The number of halogens is 2. The molecule has 1 aromatic carbocycles. The minimum absolute atomic E-state index is 0.0358. The first-order chi connectivity index (χ1) is 17.9. The summed E-state index contributed by atoms with van der Waals surface area (Å²) in [5, 5.41) is 6.04. The van der Waals surface area contributed by atoms with Crippen LogP contribution in [0.25, 0.3) is 11.0 Å². The van der Waals surface area contributed by atoms with E-state index in [1.165, 1.54) is 42.1 Å². The van der Waals surface area contributed by atoms with Crippen molar-refractivity contribution in [1.82, 2.24) is 15.3 Å². The van der Waals surface area contributed by atoms with Gasteiger partial charge in [0.25, 0.3) is 0 Å². The molecule has 0 saturated carbocycles. The first-order valence-electron chi connectivity index (χ1n) is 11.6. The number of amides is 2. The third-order valence-corrected chi connectivity index (χ3v) is 7.56. The van der Waals surface area contributed by atoms with Gasteiger partial charge < -0.3 is 25.0 Å². The van der Waals surface area contributed by atoms with Crippen LogP contribution in [-0.4, -0.2) is 73.2 Å². The van der Waals surface area contributed by atoms with Crippen molar-refractivity contribution in [3.63, 3.8) is 0 Å². The molecule has 3 aliphatic rings. The Labute approximate surface area is 214 Å². The second kappa shape index (κ2) is 9.30. The van der Waals surface area contributed by atoms with E-state index in [4.69, 9.17) is 9.47 Å². The molecule has 37 heavy (non-hydrogen) atoms. The van der Waals surface area contributed by atoms with Gasteiger partial charge in [0, 0.05) is 36.6 Å². The van der Waals surface area contributed by atoms with Gasteiger partial charge in [-0.3, -0.25) is 14.7 Å². The van der Waals surface area contributed by atoms with Crippen molar-refractivity contribution in [2.75, 3.05) is 54.2 Å². The van der Waals surface area contributed by atoms with E-state index in [-0.39, 0.29) is 29.9 Å². The summed E-state index contributed by atoms with van der Waals surface area (Å²) in [4.78, 5) is 36.4. The number of carbonyl (C=O) groups is 2. The molecule has 0 radical (unpaired) electrons. The third kappa shape index (κ3) is 4.37. The number of methoxy groups -OCH3 is 1. The Bertz CT molecular complexity index is 1420.